The average molecular weight is 368 g/mol. The lowest BCUT2D eigenvalue weighted by Gasteiger charge is -2.47. The molecule has 1 aliphatic carbocycles. The van der Waals surface area contributed by atoms with E-state index in [0.29, 0.717) is 0 Å². The molecule has 2 aliphatic rings. The fraction of sp³-hybridized carbons (Fsp3) is 0.522. The van der Waals surface area contributed by atoms with Crippen molar-refractivity contribution in [2.24, 2.45) is 0 Å². The monoisotopic (exact) mass is 368 g/mol. The van der Waals surface area contributed by atoms with Crippen LogP contribution < -0.4 is 5.32 Å². The summed E-state index contributed by atoms with van der Waals surface area (Å²) in [5.41, 5.74) is 2.63. The highest BCUT2D eigenvalue weighted by molar-refractivity contribution is 5.28. The fourth-order valence-corrected chi connectivity index (χ4v) is 5.03. The second kappa shape index (κ2) is 8.07. The smallest absolute Gasteiger partial charge is 0.123 e. The van der Waals surface area contributed by atoms with Gasteiger partial charge in [-0.15, -0.1) is 0 Å². The predicted molar refractivity (Wildman–Crippen MR) is 105 cm³/mol. The highest BCUT2D eigenvalue weighted by Gasteiger charge is 2.47. The molecule has 1 spiro atoms. The summed E-state index contributed by atoms with van der Waals surface area (Å²) in [6.45, 7) is 2.60. The lowest BCUT2D eigenvalue weighted by Crippen LogP contribution is -2.47. The fourth-order valence-electron chi connectivity index (χ4n) is 5.03. The van der Waals surface area contributed by atoms with Crippen LogP contribution in [0.1, 0.15) is 56.1 Å². The summed E-state index contributed by atoms with van der Waals surface area (Å²) in [6, 6.07) is 11.3. The molecule has 2 heterocycles. The molecule has 0 bridgehead atoms. The first-order valence-corrected chi connectivity index (χ1v) is 10.2. The number of hydrogen-bond donors (Lipinski definition) is 1. The molecule has 1 saturated heterocycles. The molecule has 0 unspecified atom stereocenters. The topological polar surface area (TPSA) is 34.2 Å². The molecule has 1 atom stereocenters. The van der Waals surface area contributed by atoms with Gasteiger partial charge in [-0.05, 0) is 74.0 Å². The number of rotatable bonds is 6. The molecular weight excluding hydrogens is 339 g/mol. The molecule has 4 rings (SSSR count). The average Bonchev–Trinajstić information content (AvgIpc) is 3.14. The van der Waals surface area contributed by atoms with Crippen LogP contribution in [-0.2, 0) is 16.7 Å². The molecule has 1 aliphatic heterocycles. The molecule has 0 amide bonds. The van der Waals surface area contributed by atoms with Crippen molar-refractivity contribution in [1.82, 2.24) is 10.3 Å². The Morgan fingerprint density at radius 3 is 2.48 bits per heavy atom. The van der Waals surface area contributed by atoms with Crippen LogP contribution in [0.2, 0.25) is 0 Å². The quantitative estimate of drug-likeness (QED) is 0.747. The second-order valence-electron chi connectivity index (χ2n) is 8.23. The summed E-state index contributed by atoms with van der Waals surface area (Å²) in [4.78, 5) is 4.07. The molecule has 144 valence electrons. The third-order valence-electron chi connectivity index (χ3n) is 6.48. The largest absolute Gasteiger partial charge is 0.375 e. The number of pyridine rings is 1. The van der Waals surface area contributed by atoms with Crippen molar-refractivity contribution in [1.29, 1.82) is 0 Å². The van der Waals surface area contributed by atoms with E-state index in [9.17, 15) is 4.39 Å². The number of hydrogen-bond acceptors (Lipinski definition) is 3. The number of ether oxygens (including phenoxy) is 1. The van der Waals surface area contributed by atoms with Crippen molar-refractivity contribution < 1.29 is 9.13 Å². The zero-order chi connectivity index (χ0) is 18.6. The van der Waals surface area contributed by atoms with Crippen molar-refractivity contribution >= 4 is 0 Å². The lowest BCUT2D eigenvalue weighted by molar-refractivity contribution is -0.103. The Kier molecular flexibility index (Phi) is 5.55. The normalized spacial score (nSPS) is 24.3. The van der Waals surface area contributed by atoms with E-state index in [2.05, 4.69) is 10.3 Å². The minimum absolute atomic E-state index is 0.0394. The lowest BCUT2D eigenvalue weighted by atomic mass is 9.66. The molecule has 27 heavy (non-hydrogen) atoms. The van der Waals surface area contributed by atoms with Gasteiger partial charge in [0.25, 0.3) is 0 Å². The van der Waals surface area contributed by atoms with Crippen LogP contribution in [0.4, 0.5) is 4.39 Å². The van der Waals surface area contributed by atoms with Crippen LogP contribution in [0.15, 0.2) is 48.8 Å². The van der Waals surface area contributed by atoms with E-state index < -0.39 is 0 Å². The van der Waals surface area contributed by atoms with E-state index in [4.69, 9.17) is 4.74 Å². The Morgan fingerprint density at radius 2 is 1.74 bits per heavy atom. The minimum atomic E-state index is -0.160. The summed E-state index contributed by atoms with van der Waals surface area (Å²) in [5.74, 6) is -0.160. The van der Waals surface area contributed by atoms with Gasteiger partial charge in [0.05, 0.1) is 5.60 Å². The summed E-state index contributed by atoms with van der Waals surface area (Å²) in [6.07, 6.45) is 11.6. The Labute approximate surface area is 161 Å². The summed E-state index contributed by atoms with van der Waals surface area (Å²) in [5, 5.41) is 3.59. The van der Waals surface area contributed by atoms with Crippen LogP contribution >= 0.6 is 0 Å². The van der Waals surface area contributed by atoms with Crippen molar-refractivity contribution in [2.75, 3.05) is 13.2 Å². The van der Waals surface area contributed by atoms with Gasteiger partial charge in [-0.2, -0.15) is 0 Å². The zero-order valence-corrected chi connectivity index (χ0v) is 15.9. The van der Waals surface area contributed by atoms with Crippen molar-refractivity contribution in [3.05, 3.63) is 65.7 Å². The second-order valence-corrected chi connectivity index (χ2v) is 8.23. The van der Waals surface area contributed by atoms with Gasteiger partial charge in [0, 0.05) is 31.0 Å². The molecule has 4 heteroatoms. The highest BCUT2D eigenvalue weighted by atomic mass is 19.1. The first kappa shape index (κ1) is 18.6. The van der Waals surface area contributed by atoms with Gasteiger partial charge in [0.2, 0.25) is 0 Å². The molecule has 1 N–H and O–H groups in total. The molecule has 1 aromatic carbocycles. The van der Waals surface area contributed by atoms with Crippen LogP contribution in [0.25, 0.3) is 0 Å². The molecular formula is C23H29FN2O. The highest BCUT2D eigenvalue weighted by Crippen LogP contribution is 2.50. The summed E-state index contributed by atoms with van der Waals surface area (Å²) >= 11 is 0. The maximum Gasteiger partial charge on any atom is 0.123 e. The van der Waals surface area contributed by atoms with Crippen LogP contribution in [0.3, 0.4) is 0 Å². The molecule has 2 aromatic rings. The van der Waals surface area contributed by atoms with Gasteiger partial charge < -0.3 is 10.1 Å². The number of nitrogens with one attached hydrogen (secondary N) is 1. The maximum absolute atomic E-state index is 13.5. The Hall–Kier alpha value is -1.78. The van der Waals surface area contributed by atoms with Gasteiger partial charge >= 0.3 is 0 Å². The van der Waals surface area contributed by atoms with Crippen molar-refractivity contribution in [2.45, 2.75) is 62.5 Å². The number of benzene rings is 1. The SMILES string of the molecule is Fc1ccc([C@]2(CCNCc3ccncc3)CCOC3(CCCC3)C2)cc1. The third-order valence-corrected chi connectivity index (χ3v) is 6.48. The summed E-state index contributed by atoms with van der Waals surface area (Å²) in [7, 11) is 0. The molecule has 1 aromatic heterocycles. The van der Waals surface area contributed by atoms with E-state index in [0.717, 1.165) is 39.0 Å². The Balaban J connectivity index is 1.48. The molecule has 2 fully saturated rings. The zero-order valence-electron chi connectivity index (χ0n) is 15.9. The number of halogens is 1. The third kappa shape index (κ3) is 4.22. The van der Waals surface area contributed by atoms with Gasteiger partial charge in [0.1, 0.15) is 5.82 Å². The standard InChI is InChI=1S/C23H29FN2O/c24-21-5-3-20(4-6-21)22(11-15-26-17-19-7-13-25-14-8-19)12-16-27-23(18-22)9-1-2-10-23/h3-8,13-14,26H,1-2,9-12,15-18H2/t22-/m1/s1. The van der Waals surface area contributed by atoms with E-state index >= 15 is 0 Å². The van der Waals surface area contributed by atoms with Crippen LogP contribution in [0.5, 0.6) is 0 Å². The number of aromatic nitrogens is 1. The van der Waals surface area contributed by atoms with Gasteiger partial charge in [-0.3, -0.25) is 4.98 Å². The van der Waals surface area contributed by atoms with Gasteiger partial charge in [-0.1, -0.05) is 25.0 Å². The molecule has 3 nitrogen and oxygen atoms in total. The van der Waals surface area contributed by atoms with E-state index in [1.807, 2.05) is 36.7 Å². The first-order valence-electron chi connectivity index (χ1n) is 10.2. The van der Waals surface area contributed by atoms with Gasteiger partial charge in [0.15, 0.2) is 0 Å². The first-order chi connectivity index (χ1) is 13.2. The van der Waals surface area contributed by atoms with Gasteiger partial charge in [-0.25, -0.2) is 4.39 Å². The van der Waals surface area contributed by atoms with Crippen molar-refractivity contribution in [3.63, 3.8) is 0 Å². The minimum Gasteiger partial charge on any atom is -0.375 e. The maximum atomic E-state index is 13.5. The van der Waals surface area contributed by atoms with E-state index in [1.54, 1.807) is 12.1 Å². The Bertz CT molecular complexity index is 728. The van der Waals surface area contributed by atoms with Crippen LogP contribution in [-0.4, -0.2) is 23.7 Å². The summed E-state index contributed by atoms with van der Waals surface area (Å²) < 4.78 is 19.8. The molecule has 1 saturated carbocycles. The number of nitrogens with zero attached hydrogens (tertiary/aromatic N) is 1. The Morgan fingerprint density at radius 1 is 1.00 bits per heavy atom. The van der Waals surface area contributed by atoms with Crippen molar-refractivity contribution in [3.8, 4) is 0 Å². The van der Waals surface area contributed by atoms with Crippen LogP contribution in [0, 0.1) is 5.82 Å². The molecule has 0 radical (unpaired) electrons. The van der Waals surface area contributed by atoms with E-state index in [1.165, 1.54) is 36.8 Å². The van der Waals surface area contributed by atoms with E-state index in [-0.39, 0.29) is 16.8 Å². The predicted octanol–water partition coefficient (Wildman–Crippen LogP) is 4.76.